The molecule has 21 heavy (non-hydrogen) atoms. The fourth-order valence-electron chi connectivity index (χ4n) is 1.39. The number of nitrogens with two attached hydrogens (primary N) is 1. The van der Waals surface area contributed by atoms with Crippen LogP contribution in [0.3, 0.4) is 0 Å². The first-order valence-corrected chi connectivity index (χ1v) is 6.64. The number of hydrogen-bond donors (Lipinski definition) is 4. The van der Waals surface area contributed by atoms with Crippen molar-refractivity contribution in [3.63, 3.8) is 0 Å². The minimum Gasteiger partial charge on any atom is -0.461 e. The molecule has 1 aromatic rings. The molecule has 1 aromatic heterocycles. The third-order valence-electron chi connectivity index (χ3n) is 2.01. The second kappa shape index (κ2) is 7.02. The summed E-state index contributed by atoms with van der Waals surface area (Å²) >= 11 is 0. The van der Waals surface area contributed by atoms with Crippen molar-refractivity contribution in [1.82, 2.24) is 20.3 Å². The van der Waals surface area contributed by atoms with Gasteiger partial charge in [0, 0.05) is 5.54 Å². The van der Waals surface area contributed by atoms with Gasteiger partial charge in [-0.05, 0) is 34.6 Å². The highest BCUT2D eigenvalue weighted by molar-refractivity contribution is 5.80. The summed E-state index contributed by atoms with van der Waals surface area (Å²) in [6.07, 6.45) is -0.0879. The Morgan fingerprint density at radius 2 is 1.86 bits per heavy atom. The molecule has 0 bridgehead atoms. The maximum Gasteiger partial charge on any atom is 0.323 e. The van der Waals surface area contributed by atoms with Gasteiger partial charge in [-0.2, -0.15) is 15.0 Å². The van der Waals surface area contributed by atoms with Gasteiger partial charge in [-0.1, -0.05) is 0 Å². The largest absolute Gasteiger partial charge is 0.461 e. The number of anilines is 2. The molecule has 0 fully saturated rings. The number of carbonyl (C=O) groups excluding carboxylic acids is 1. The summed E-state index contributed by atoms with van der Waals surface area (Å²) in [4.78, 5) is 23.7. The Labute approximate surface area is 124 Å². The van der Waals surface area contributed by atoms with E-state index in [1.54, 1.807) is 0 Å². The lowest BCUT2D eigenvalue weighted by Crippen LogP contribution is -2.43. The number of rotatable bonds is 6. The van der Waals surface area contributed by atoms with Gasteiger partial charge in [0.1, 0.15) is 0 Å². The zero-order valence-corrected chi connectivity index (χ0v) is 13.0. The number of nitrogen functional groups attached to an aromatic ring is 1. The summed E-state index contributed by atoms with van der Waals surface area (Å²) in [6, 6.07) is 0.131. The van der Waals surface area contributed by atoms with Gasteiger partial charge in [0.05, 0.1) is 12.6 Å². The van der Waals surface area contributed by atoms with Crippen molar-refractivity contribution in [2.45, 2.75) is 46.3 Å². The van der Waals surface area contributed by atoms with E-state index in [9.17, 15) is 4.79 Å². The third-order valence-corrected chi connectivity index (χ3v) is 2.01. The molecule has 0 radical (unpaired) electrons. The van der Waals surface area contributed by atoms with Gasteiger partial charge in [-0.3, -0.25) is 10.2 Å². The molecule has 9 heteroatoms. The zero-order chi connectivity index (χ0) is 16.0. The number of hydrogen-bond acceptors (Lipinski definition) is 8. The molecule has 0 aromatic carbocycles. The Bertz CT molecular complexity index is 485. The van der Waals surface area contributed by atoms with Crippen LogP contribution in [0.1, 0.15) is 34.6 Å². The second-order valence-corrected chi connectivity index (χ2v) is 5.73. The zero-order valence-electron chi connectivity index (χ0n) is 13.0. The molecule has 1 rings (SSSR count). The first-order chi connectivity index (χ1) is 9.69. The Morgan fingerprint density at radius 1 is 1.24 bits per heavy atom. The maximum atomic E-state index is 11.7. The van der Waals surface area contributed by atoms with Gasteiger partial charge in [-0.25, -0.2) is 5.84 Å². The second-order valence-electron chi connectivity index (χ2n) is 5.73. The van der Waals surface area contributed by atoms with Gasteiger partial charge in [0.25, 0.3) is 0 Å². The normalized spacial score (nSPS) is 11.2. The minimum absolute atomic E-state index is 0.0341. The summed E-state index contributed by atoms with van der Waals surface area (Å²) in [7, 11) is 0. The molecule has 0 unspecified atom stereocenters. The van der Waals surface area contributed by atoms with E-state index in [2.05, 4.69) is 31.0 Å². The molecule has 0 saturated heterocycles. The van der Waals surface area contributed by atoms with E-state index in [1.165, 1.54) is 0 Å². The van der Waals surface area contributed by atoms with Crippen LogP contribution in [-0.4, -0.2) is 39.0 Å². The van der Waals surface area contributed by atoms with E-state index in [-0.39, 0.29) is 42.0 Å². The molecule has 0 aliphatic carbocycles. The molecular weight excluding hydrogens is 274 g/mol. The van der Waals surface area contributed by atoms with Crippen molar-refractivity contribution >= 4 is 17.8 Å². The lowest BCUT2D eigenvalue weighted by atomic mass is 10.1. The van der Waals surface area contributed by atoms with Crippen LogP contribution in [-0.2, 0) is 4.79 Å². The molecule has 1 heterocycles. The third kappa shape index (κ3) is 6.70. The van der Waals surface area contributed by atoms with Gasteiger partial charge in [0.2, 0.25) is 17.8 Å². The van der Waals surface area contributed by atoms with E-state index in [0.29, 0.717) is 0 Å². The lowest BCUT2D eigenvalue weighted by Gasteiger charge is -2.20. The first-order valence-electron chi connectivity index (χ1n) is 6.64. The van der Waals surface area contributed by atoms with Crippen LogP contribution in [0.2, 0.25) is 0 Å². The first kappa shape index (κ1) is 16.9. The highest BCUT2D eigenvalue weighted by Gasteiger charge is 2.14. The van der Waals surface area contributed by atoms with Gasteiger partial charge < -0.3 is 15.4 Å². The molecule has 118 valence electrons. The van der Waals surface area contributed by atoms with Gasteiger partial charge >= 0.3 is 6.01 Å². The van der Waals surface area contributed by atoms with Gasteiger partial charge in [0.15, 0.2) is 0 Å². The molecule has 0 atom stereocenters. The number of hydrazine groups is 1. The quantitative estimate of drug-likeness (QED) is 0.435. The molecule has 9 nitrogen and oxygen atoms in total. The van der Waals surface area contributed by atoms with Crippen molar-refractivity contribution < 1.29 is 9.53 Å². The number of amides is 1. The van der Waals surface area contributed by atoms with Crippen LogP contribution < -0.4 is 26.6 Å². The lowest BCUT2D eigenvalue weighted by molar-refractivity contribution is -0.120. The van der Waals surface area contributed by atoms with E-state index in [4.69, 9.17) is 10.6 Å². The van der Waals surface area contributed by atoms with E-state index in [1.807, 2.05) is 34.6 Å². The molecule has 0 aliphatic rings. The van der Waals surface area contributed by atoms with E-state index >= 15 is 0 Å². The average molecular weight is 297 g/mol. The number of ether oxygens (including phenoxy) is 1. The predicted octanol–water partition coefficient (Wildman–Crippen LogP) is 0.271. The standard InChI is InChI=1S/C12H23N7O2/c1-7(2)21-11-16-9(15-10(17-11)19-13)14-6-8(20)18-12(3,4)5/h7H,6,13H2,1-5H3,(H,18,20)(H2,14,15,16,17,19). The average Bonchev–Trinajstić information content (AvgIpc) is 2.33. The smallest absolute Gasteiger partial charge is 0.323 e. The minimum atomic E-state index is -0.298. The van der Waals surface area contributed by atoms with Crippen LogP contribution >= 0.6 is 0 Å². The van der Waals surface area contributed by atoms with E-state index in [0.717, 1.165) is 0 Å². The topological polar surface area (TPSA) is 127 Å². The molecule has 0 aliphatic heterocycles. The van der Waals surface area contributed by atoms with Crippen molar-refractivity contribution in [3.8, 4) is 6.01 Å². The van der Waals surface area contributed by atoms with Crippen LogP contribution in [0.5, 0.6) is 6.01 Å². The van der Waals surface area contributed by atoms with Crippen LogP contribution in [0, 0.1) is 0 Å². The van der Waals surface area contributed by atoms with Crippen LogP contribution in [0.25, 0.3) is 0 Å². The molecule has 0 saturated carbocycles. The predicted molar refractivity (Wildman–Crippen MR) is 79.8 cm³/mol. The number of nitrogens with one attached hydrogen (secondary N) is 3. The summed E-state index contributed by atoms with van der Waals surface area (Å²) in [6.45, 7) is 9.44. The summed E-state index contributed by atoms with van der Waals surface area (Å²) in [5, 5.41) is 5.63. The highest BCUT2D eigenvalue weighted by atomic mass is 16.5. The Morgan fingerprint density at radius 3 is 2.38 bits per heavy atom. The summed E-state index contributed by atoms with van der Waals surface area (Å²) < 4.78 is 5.39. The monoisotopic (exact) mass is 297 g/mol. The number of carbonyl (C=O) groups is 1. The molecular formula is C12H23N7O2. The number of aromatic nitrogens is 3. The fourth-order valence-corrected chi connectivity index (χ4v) is 1.39. The summed E-state index contributed by atoms with van der Waals surface area (Å²) in [5.74, 6) is 5.48. The molecule has 0 spiro atoms. The molecule has 1 amide bonds. The van der Waals surface area contributed by atoms with Crippen molar-refractivity contribution in [2.75, 3.05) is 17.3 Å². The fraction of sp³-hybridized carbons (Fsp3) is 0.667. The van der Waals surface area contributed by atoms with Crippen LogP contribution in [0.15, 0.2) is 0 Å². The van der Waals surface area contributed by atoms with Crippen molar-refractivity contribution in [1.29, 1.82) is 0 Å². The Hall–Kier alpha value is -2.16. The SMILES string of the molecule is CC(C)Oc1nc(NN)nc(NCC(=O)NC(C)(C)C)n1. The highest BCUT2D eigenvalue weighted by Crippen LogP contribution is 2.11. The van der Waals surface area contributed by atoms with Crippen LogP contribution in [0.4, 0.5) is 11.9 Å². The van der Waals surface area contributed by atoms with Crippen molar-refractivity contribution in [2.24, 2.45) is 5.84 Å². The van der Waals surface area contributed by atoms with Crippen molar-refractivity contribution in [3.05, 3.63) is 0 Å². The molecule has 5 N–H and O–H groups in total. The Balaban J connectivity index is 2.71. The Kier molecular flexibility index (Phi) is 5.65. The number of nitrogens with zero attached hydrogens (tertiary/aromatic N) is 3. The van der Waals surface area contributed by atoms with E-state index < -0.39 is 0 Å². The maximum absolute atomic E-state index is 11.7. The van der Waals surface area contributed by atoms with Gasteiger partial charge in [-0.15, -0.1) is 0 Å². The summed E-state index contributed by atoms with van der Waals surface area (Å²) in [5.41, 5.74) is 2.03.